The minimum absolute atomic E-state index is 0.470. The fourth-order valence-electron chi connectivity index (χ4n) is 2.37. The fourth-order valence-corrected chi connectivity index (χ4v) is 2.37. The summed E-state index contributed by atoms with van der Waals surface area (Å²) in [5.74, 6) is 1.72. The predicted octanol–water partition coefficient (Wildman–Crippen LogP) is 2.96. The molecule has 0 radical (unpaired) electrons. The Morgan fingerprint density at radius 3 is 2.84 bits per heavy atom. The molecule has 0 bridgehead atoms. The standard InChI is InChI=1S/C15H11N3O/c1-2-4-11(5-3-1)13-8-17-15-12-6-7-16-9-14(12)19-10-18(13)15/h1-9H,10H2. The van der Waals surface area contributed by atoms with Crippen LogP contribution in [0.1, 0.15) is 0 Å². The van der Waals surface area contributed by atoms with E-state index in [1.807, 2.05) is 30.5 Å². The van der Waals surface area contributed by atoms with Crippen LogP contribution in [0.25, 0.3) is 22.6 Å². The van der Waals surface area contributed by atoms with E-state index < -0.39 is 0 Å². The summed E-state index contributed by atoms with van der Waals surface area (Å²) in [7, 11) is 0. The third-order valence-electron chi connectivity index (χ3n) is 3.30. The minimum atomic E-state index is 0.470. The van der Waals surface area contributed by atoms with Gasteiger partial charge in [-0.2, -0.15) is 0 Å². The van der Waals surface area contributed by atoms with Gasteiger partial charge in [-0.25, -0.2) is 4.98 Å². The summed E-state index contributed by atoms with van der Waals surface area (Å²) in [6, 6.07) is 12.1. The number of ether oxygens (including phenoxy) is 1. The maximum Gasteiger partial charge on any atom is 0.167 e. The highest BCUT2D eigenvalue weighted by Crippen LogP contribution is 2.35. The zero-order valence-electron chi connectivity index (χ0n) is 10.2. The van der Waals surface area contributed by atoms with E-state index in [1.54, 1.807) is 12.4 Å². The molecule has 4 nitrogen and oxygen atoms in total. The molecule has 0 unspecified atom stereocenters. The van der Waals surface area contributed by atoms with Gasteiger partial charge in [-0.3, -0.25) is 9.55 Å². The van der Waals surface area contributed by atoms with Crippen LogP contribution in [-0.4, -0.2) is 14.5 Å². The Kier molecular flexibility index (Phi) is 2.14. The monoisotopic (exact) mass is 249 g/mol. The average Bonchev–Trinajstić information content (AvgIpc) is 2.92. The molecule has 0 saturated carbocycles. The molecular formula is C15H11N3O. The van der Waals surface area contributed by atoms with Gasteiger partial charge in [0.15, 0.2) is 12.5 Å². The predicted molar refractivity (Wildman–Crippen MR) is 71.5 cm³/mol. The SMILES string of the molecule is c1ccc(-c2cnc3n2COc2cnccc2-3)cc1. The molecule has 3 heterocycles. The van der Waals surface area contributed by atoms with Crippen molar-refractivity contribution in [2.24, 2.45) is 0 Å². The highest BCUT2D eigenvalue weighted by Gasteiger charge is 2.21. The van der Waals surface area contributed by atoms with E-state index in [0.717, 1.165) is 28.4 Å². The second-order valence-corrected chi connectivity index (χ2v) is 4.41. The van der Waals surface area contributed by atoms with Crippen LogP contribution in [0, 0.1) is 0 Å². The maximum absolute atomic E-state index is 5.73. The highest BCUT2D eigenvalue weighted by molar-refractivity contribution is 5.70. The summed E-state index contributed by atoms with van der Waals surface area (Å²) in [4.78, 5) is 8.60. The van der Waals surface area contributed by atoms with E-state index >= 15 is 0 Å². The molecule has 19 heavy (non-hydrogen) atoms. The number of benzene rings is 1. The number of hydrogen-bond donors (Lipinski definition) is 0. The van der Waals surface area contributed by atoms with E-state index in [4.69, 9.17) is 4.74 Å². The number of imidazole rings is 1. The first-order valence-corrected chi connectivity index (χ1v) is 6.11. The number of fused-ring (bicyclic) bond motifs is 3. The van der Waals surface area contributed by atoms with Crippen LogP contribution >= 0.6 is 0 Å². The summed E-state index contributed by atoms with van der Waals surface area (Å²) in [5, 5.41) is 0. The van der Waals surface area contributed by atoms with Gasteiger partial charge in [0, 0.05) is 6.20 Å². The second kappa shape index (κ2) is 3.95. The largest absolute Gasteiger partial charge is 0.470 e. The smallest absolute Gasteiger partial charge is 0.167 e. The molecular weight excluding hydrogens is 238 g/mol. The van der Waals surface area contributed by atoms with E-state index in [0.29, 0.717) is 6.73 Å². The number of hydrogen-bond acceptors (Lipinski definition) is 3. The van der Waals surface area contributed by atoms with Crippen LogP contribution in [0.4, 0.5) is 0 Å². The Bertz CT molecular complexity index is 721. The first-order valence-electron chi connectivity index (χ1n) is 6.11. The van der Waals surface area contributed by atoms with E-state index in [-0.39, 0.29) is 0 Å². The maximum atomic E-state index is 5.73. The van der Waals surface area contributed by atoms with Crippen molar-refractivity contribution in [3.05, 3.63) is 55.0 Å². The zero-order valence-corrected chi connectivity index (χ0v) is 10.2. The molecule has 0 fully saturated rings. The Morgan fingerprint density at radius 2 is 1.95 bits per heavy atom. The van der Waals surface area contributed by atoms with Crippen LogP contribution in [0.15, 0.2) is 55.0 Å². The first-order chi connectivity index (χ1) is 9.43. The Hall–Kier alpha value is -2.62. The number of nitrogens with zero attached hydrogens (tertiary/aromatic N) is 3. The topological polar surface area (TPSA) is 39.9 Å². The van der Waals surface area contributed by atoms with Gasteiger partial charge in [0.1, 0.15) is 5.82 Å². The average molecular weight is 249 g/mol. The molecule has 4 rings (SSSR count). The Morgan fingerprint density at radius 1 is 1.05 bits per heavy atom. The van der Waals surface area contributed by atoms with Crippen molar-refractivity contribution in [2.75, 3.05) is 0 Å². The molecule has 0 amide bonds. The van der Waals surface area contributed by atoms with Crippen molar-refractivity contribution in [2.45, 2.75) is 6.73 Å². The van der Waals surface area contributed by atoms with Crippen LogP contribution in [0.3, 0.4) is 0 Å². The third-order valence-corrected chi connectivity index (χ3v) is 3.30. The lowest BCUT2D eigenvalue weighted by atomic mass is 10.1. The first kappa shape index (κ1) is 10.3. The van der Waals surface area contributed by atoms with Gasteiger partial charge in [-0.15, -0.1) is 0 Å². The molecule has 0 spiro atoms. The van der Waals surface area contributed by atoms with Gasteiger partial charge in [0.05, 0.1) is 23.7 Å². The van der Waals surface area contributed by atoms with Crippen LogP contribution in [-0.2, 0) is 6.73 Å². The van der Waals surface area contributed by atoms with Crippen molar-refractivity contribution in [3.8, 4) is 28.4 Å². The fraction of sp³-hybridized carbons (Fsp3) is 0.0667. The molecule has 0 saturated heterocycles. The molecule has 0 atom stereocenters. The summed E-state index contributed by atoms with van der Waals surface area (Å²) in [5.41, 5.74) is 3.20. The van der Waals surface area contributed by atoms with Gasteiger partial charge in [-0.05, 0) is 11.6 Å². The molecule has 1 aliphatic heterocycles. The van der Waals surface area contributed by atoms with Crippen molar-refractivity contribution in [3.63, 3.8) is 0 Å². The normalized spacial score (nSPS) is 12.4. The summed E-state index contributed by atoms with van der Waals surface area (Å²) < 4.78 is 7.81. The quantitative estimate of drug-likeness (QED) is 0.665. The zero-order chi connectivity index (χ0) is 12.7. The number of rotatable bonds is 1. The lowest BCUT2D eigenvalue weighted by Gasteiger charge is -2.20. The molecule has 1 aromatic carbocycles. The molecule has 4 heteroatoms. The van der Waals surface area contributed by atoms with Crippen molar-refractivity contribution in [1.29, 1.82) is 0 Å². The molecule has 2 aromatic heterocycles. The number of aromatic nitrogens is 3. The van der Waals surface area contributed by atoms with Gasteiger partial charge in [0.2, 0.25) is 0 Å². The van der Waals surface area contributed by atoms with Crippen LogP contribution in [0.5, 0.6) is 5.75 Å². The van der Waals surface area contributed by atoms with E-state index in [2.05, 4.69) is 26.7 Å². The lowest BCUT2D eigenvalue weighted by Crippen LogP contribution is -2.14. The van der Waals surface area contributed by atoms with Crippen molar-refractivity contribution < 1.29 is 4.74 Å². The van der Waals surface area contributed by atoms with Gasteiger partial charge >= 0.3 is 0 Å². The minimum Gasteiger partial charge on any atom is -0.470 e. The van der Waals surface area contributed by atoms with E-state index in [1.165, 1.54) is 0 Å². The highest BCUT2D eigenvalue weighted by atomic mass is 16.5. The van der Waals surface area contributed by atoms with Crippen LogP contribution in [0.2, 0.25) is 0 Å². The Balaban J connectivity index is 1.91. The summed E-state index contributed by atoms with van der Waals surface area (Å²) in [6.07, 6.45) is 5.38. The van der Waals surface area contributed by atoms with Crippen LogP contribution < -0.4 is 4.74 Å². The molecule has 0 aliphatic carbocycles. The molecule has 0 N–H and O–H groups in total. The van der Waals surface area contributed by atoms with Gasteiger partial charge in [0.25, 0.3) is 0 Å². The second-order valence-electron chi connectivity index (χ2n) is 4.41. The van der Waals surface area contributed by atoms with Gasteiger partial charge in [-0.1, -0.05) is 30.3 Å². The third kappa shape index (κ3) is 1.53. The Labute approximate surface area is 110 Å². The molecule has 3 aromatic rings. The summed E-state index contributed by atoms with van der Waals surface area (Å²) in [6.45, 7) is 0.470. The number of pyridine rings is 1. The lowest BCUT2D eigenvalue weighted by molar-refractivity contribution is 0.230. The van der Waals surface area contributed by atoms with Crippen molar-refractivity contribution >= 4 is 0 Å². The van der Waals surface area contributed by atoms with Gasteiger partial charge < -0.3 is 4.74 Å². The molecule has 1 aliphatic rings. The molecule has 92 valence electrons. The summed E-state index contributed by atoms with van der Waals surface area (Å²) >= 11 is 0. The van der Waals surface area contributed by atoms with E-state index in [9.17, 15) is 0 Å². The van der Waals surface area contributed by atoms with Crippen molar-refractivity contribution in [1.82, 2.24) is 14.5 Å².